The number of hydrogen-bond acceptors (Lipinski definition) is 5. The summed E-state index contributed by atoms with van der Waals surface area (Å²) in [5.74, 6) is 0.315. The third-order valence-electron chi connectivity index (χ3n) is 3.80. The van der Waals surface area contributed by atoms with Crippen LogP contribution >= 0.6 is 0 Å². The number of nitrogens with zero attached hydrogens (tertiary/aromatic N) is 3. The standard InChI is InChI=1S/C11H20N4O2S/c1-18(16,17)15-6-4-14(5-7-15)9-11(13,8-12)10-2-3-10/h10H,2-7,9,13H2,1H3. The summed E-state index contributed by atoms with van der Waals surface area (Å²) in [5, 5.41) is 9.20. The van der Waals surface area contributed by atoms with Crippen LogP contribution in [-0.2, 0) is 10.0 Å². The minimum absolute atomic E-state index is 0.315. The van der Waals surface area contributed by atoms with E-state index in [0.29, 0.717) is 38.6 Å². The topological polar surface area (TPSA) is 90.4 Å². The third kappa shape index (κ3) is 3.01. The highest BCUT2D eigenvalue weighted by atomic mass is 32.2. The van der Waals surface area contributed by atoms with E-state index >= 15 is 0 Å². The first kappa shape index (κ1) is 13.7. The lowest BCUT2D eigenvalue weighted by Crippen LogP contribution is -2.56. The molecule has 1 aliphatic carbocycles. The Labute approximate surface area is 108 Å². The van der Waals surface area contributed by atoms with Gasteiger partial charge in [-0.25, -0.2) is 8.42 Å². The summed E-state index contributed by atoms with van der Waals surface area (Å²) >= 11 is 0. The molecule has 0 radical (unpaired) electrons. The molecule has 0 aromatic carbocycles. The molecule has 1 saturated heterocycles. The first-order chi connectivity index (χ1) is 8.35. The largest absolute Gasteiger partial charge is 0.312 e. The molecular formula is C11H20N4O2S. The van der Waals surface area contributed by atoms with Gasteiger partial charge in [-0.2, -0.15) is 9.57 Å². The SMILES string of the molecule is CS(=O)(=O)N1CCN(CC(N)(C#N)C2CC2)CC1. The summed E-state index contributed by atoms with van der Waals surface area (Å²) in [4.78, 5) is 2.10. The fraction of sp³-hybridized carbons (Fsp3) is 0.909. The Morgan fingerprint density at radius 2 is 1.89 bits per heavy atom. The van der Waals surface area contributed by atoms with Gasteiger partial charge in [0.1, 0.15) is 5.54 Å². The minimum atomic E-state index is -3.09. The summed E-state index contributed by atoms with van der Waals surface area (Å²) < 4.78 is 24.2. The van der Waals surface area contributed by atoms with E-state index in [2.05, 4.69) is 11.0 Å². The van der Waals surface area contributed by atoms with Gasteiger partial charge in [0.15, 0.2) is 0 Å². The molecule has 1 heterocycles. The molecule has 1 aliphatic heterocycles. The average molecular weight is 272 g/mol. The van der Waals surface area contributed by atoms with Crippen LogP contribution in [0.1, 0.15) is 12.8 Å². The Balaban J connectivity index is 1.89. The normalized spacial score (nSPS) is 26.5. The van der Waals surface area contributed by atoms with Gasteiger partial charge in [0.2, 0.25) is 10.0 Å². The molecule has 2 fully saturated rings. The summed E-state index contributed by atoms with van der Waals surface area (Å²) in [6.07, 6.45) is 3.30. The first-order valence-electron chi connectivity index (χ1n) is 6.23. The maximum atomic E-state index is 11.4. The van der Waals surface area contributed by atoms with Crippen LogP contribution in [0.4, 0.5) is 0 Å². The van der Waals surface area contributed by atoms with Crippen LogP contribution in [0.3, 0.4) is 0 Å². The van der Waals surface area contributed by atoms with Crippen molar-refractivity contribution < 1.29 is 8.42 Å². The van der Waals surface area contributed by atoms with E-state index < -0.39 is 15.6 Å². The van der Waals surface area contributed by atoms with Crippen LogP contribution < -0.4 is 5.73 Å². The van der Waals surface area contributed by atoms with Crippen molar-refractivity contribution in [1.29, 1.82) is 5.26 Å². The predicted octanol–water partition coefficient (Wildman–Crippen LogP) is -0.805. The first-order valence-corrected chi connectivity index (χ1v) is 8.07. The Morgan fingerprint density at radius 3 is 2.28 bits per heavy atom. The van der Waals surface area contributed by atoms with Gasteiger partial charge in [-0.3, -0.25) is 4.90 Å². The van der Waals surface area contributed by atoms with Crippen molar-refractivity contribution in [3.63, 3.8) is 0 Å². The molecule has 0 spiro atoms. The highest BCUT2D eigenvalue weighted by Crippen LogP contribution is 2.38. The lowest BCUT2D eigenvalue weighted by atomic mass is 9.95. The zero-order valence-electron chi connectivity index (χ0n) is 10.7. The molecule has 0 aromatic heterocycles. The second kappa shape index (κ2) is 4.78. The summed E-state index contributed by atoms with van der Waals surface area (Å²) in [7, 11) is -3.09. The number of sulfonamides is 1. The number of nitriles is 1. The Morgan fingerprint density at radius 1 is 1.33 bits per heavy atom. The van der Waals surface area contributed by atoms with E-state index in [4.69, 9.17) is 5.73 Å². The fourth-order valence-electron chi connectivity index (χ4n) is 2.44. The maximum Gasteiger partial charge on any atom is 0.211 e. The van der Waals surface area contributed by atoms with Crippen molar-refractivity contribution in [2.75, 3.05) is 39.0 Å². The molecule has 18 heavy (non-hydrogen) atoms. The molecule has 0 aromatic rings. The van der Waals surface area contributed by atoms with Gasteiger partial charge >= 0.3 is 0 Å². The average Bonchev–Trinajstić information content (AvgIpc) is 3.12. The second-order valence-corrected chi connectivity index (χ2v) is 7.35. The molecule has 6 nitrogen and oxygen atoms in total. The number of nitrogens with two attached hydrogens (primary N) is 1. The Hall–Kier alpha value is -0.680. The Bertz CT molecular complexity index is 446. The predicted molar refractivity (Wildman–Crippen MR) is 68.1 cm³/mol. The lowest BCUT2D eigenvalue weighted by molar-refractivity contribution is 0.160. The van der Waals surface area contributed by atoms with Crippen molar-refractivity contribution in [2.24, 2.45) is 11.7 Å². The number of piperazine rings is 1. The van der Waals surface area contributed by atoms with Crippen molar-refractivity contribution in [3.8, 4) is 6.07 Å². The van der Waals surface area contributed by atoms with Crippen molar-refractivity contribution in [1.82, 2.24) is 9.21 Å². The molecule has 2 rings (SSSR count). The van der Waals surface area contributed by atoms with E-state index in [1.54, 1.807) is 0 Å². The van der Waals surface area contributed by atoms with E-state index in [9.17, 15) is 13.7 Å². The number of rotatable bonds is 4. The molecular weight excluding hydrogens is 252 g/mol. The molecule has 1 unspecified atom stereocenters. The zero-order valence-corrected chi connectivity index (χ0v) is 11.5. The number of hydrogen-bond donors (Lipinski definition) is 1. The van der Waals surface area contributed by atoms with E-state index in [1.807, 2.05) is 0 Å². The molecule has 1 atom stereocenters. The van der Waals surface area contributed by atoms with Gasteiger partial charge < -0.3 is 5.73 Å². The monoisotopic (exact) mass is 272 g/mol. The summed E-state index contributed by atoms with van der Waals surface area (Å²) in [6.45, 7) is 2.84. The van der Waals surface area contributed by atoms with Gasteiger partial charge in [0.25, 0.3) is 0 Å². The van der Waals surface area contributed by atoms with Crippen LogP contribution in [0.5, 0.6) is 0 Å². The van der Waals surface area contributed by atoms with Gasteiger partial charge in [0, 0.05) is 32.7 Å². The van der Waals surface area contributed by atoms with Crippen LogP contribution in [0.25, 0.3) is 0 Å². The van der Waals surface area contributed by atoms with Gasteiger partial charge in [0.05, 0.1) is 12.3 Å². The quantitative estimate of drug-likeness (QED) is 0.723. The molecule has 0 amide bonds. The zero-order chi connectivity index (χ0) is 13.4. The van der Waals surface area contributed by atoms with Crippen LogP contribution in [0.2, 0.25) is 0 Å². The van der Waals surface area contributed by atoms with Gasteiger partial charge in [-0.05, 0) is 18.8 Å². The van der Waals surface area contributed by atoms with Crippen LogP contribution in [-0.4, -0.2) is 62.1 Å². The molecule has 2 N–H and O–H groups in total. The molecule has 2 aliphatic rings. The van der Waals surface area contributed by atoms with E-state index in [-0.39, 0.29) is 0 Å². The summed E-state index contributed by atoms with van der Waals surface area (Å²) in [6, 6.07) is 2.23. The second-order valence-electron chi connectivity index (χ2n) is 5.36. The van der Waals surface area contributed by atoms with Crippen molar-refractivity contribution >= 4 is 10.0 Å². The fourth-order valence-corrected chi connectivity index (χ4v) is 3.27. The molecule has 7 heteroatoms. The smallest absolute Gasteiger partial charge is 0.211 e. The van der Waals surface area contributed by atoms with Crippen molar-refractivity contribution in [2.45, 2.75) is 18.4 Å². The third-order valence-corrected chi connectivity index (χ3v) is 5.10. The molecule has 1 saturated carbocycles. The van der Waals surface area contributed by atoms with E-state index in [0.717, 1.165) is 12.8 Å². The van der Waals surface area contributed by atoms with Crippen LogP contribution in [0.15, 0.2) is 0 Å². The highest BCUT2D eigenvalue weighted by Gasteiger charge is 2.44. The van der Waals surface area contributed by atoms with Crippen molar-refractivity contribution in [3.05, 3.63) is 0 Å². The molecule has 0 bridgehead atoms. The van der Waals surface area contributed by atoms with Gasteiger partial charge in [-0.1, -0.05) is 0 Å². The lowest BCUT2D eigenvalue weighted by Gasteiger charge is -2.36. The Kier molecular flexibility index (Phi) is 3.65. The highest BCUT2D eigenvalue weighted by molar-refractivity contribution is 7.88. The van der Waals surface area contributed by atoms with E-state index in [1.165, 1.54) is 10.6 Å². The maximum absolute atomic E-state index is 11.4. The van der Waals surface area contributed by atoms with Crippen LogP contribution in [0, 0.1) is 17.2 Å². The summed E-state index contributed by atoms with van der Waals surface area (Å²) in [5.41, 5.74) is 5.36. The van der Waals surface area contributed by atoms with Gasteiger partial charge in [-0.15, -0.1) is 0 Å². The minimum Gasteiger partial charge on any atom is -0.312 e. The molecule has 102 valence electrons.